The molecule has 0 unspecified atom stereocenters. The zero-order valence-electron chi connectivity index (χ0n) is 6.88. The predicted octanol–water partition coefficient (Wildman–Crippen LogP) is 1.98. The number of nitrogens with one attached hydrogen (secondary N) is 1. The Morgan fingerprint density at radius 1 is 1.31 bits per heavy atom. The van der Waals surface area contributed by atoms with Crippen LogP contribution in [0, 0.1) is 0 Å². The lowest BCUT2D eigenvalue weighted by Crippen LogP contribution is -2.51. The van der Waals surface area contributed by atoms with Gasteiger partial charge in [-0.1, -0.05) is 0 Å². The highest BCUT2D eigenvalue weighted by atomic mass is 35.5. The zero-order chi connectivity index (χ0) is 10.9. The maximum atomic E-state index is 12.4. The first kappa shape index (κ1) is 12.5. The van der Waals surface area contributed by atoms with Crippen LogP contribution in [0.5, 0.6) is 0 Å². The van der Waals surface area contributed by atoms with Crippen LogP contribution in [0.1, 0.15) is 13.8 Å². The van der Waals surface area contributed by atoms with Gasteiger partial charge in [0.1, 0.15) is 0 Å². The molecule has 7 heteroatoms. The van der Waals surface area contributed by atoms with Gasteiger partial charge in [-0.3, -0.25) is 4.79 Å². The van der Waals surface area contributed by atoms with Gasteiger partial charge in [0, 0.05) is 6.04 Å². The normalized spacial score (nSPS) is 13.2. The van der Waals surface area contributed by atoms with Gasteiger partial charge < -0.3 is 5.32 Å². The summed E-state index contributed by atoms with van der Waals surface area (Å²) < 4.78 is 48.7. The summed E-state index contributed by atoms with van der Waals surface area (Å²) in [5, 5.41) is -3.23. The largest absolute Gasteiger partial charge is 0.400 e. The lowest BCUT2D eigenvalue weighted by molar-refractivity contribution is -0.181. The third kappa shape index (κ3) is 3.02. The van der Waals surface area contributed by atoms with Crippen LogP contribution < -0.4 is 5.32 Å². The van der Waals surface area contributed by atoms with Crippen molar-refractivity contribution in [1.82, 2.24) is 5.32 Å². The van der Waals surface area contributed by atoms with Gasteiger partial charge in [-0.25, -0.2) is 0 Å². The summed E-state index contributed by atoms with van der Waals surface area (Å²) >= 11 is 4.06. The van der Waals surface area contributed by atoms with E-state index in [4.69, 9.17) is 0 Å². The first-order valence-electron chi connectivity index (χ1n) is 3.34. The Labute approximate surface area is 77.2 Å². The Kier molecular flexibility index (Phi) is 3.54. The van der Waals surface area contributed by atoms with Gasteiger partial charge in [-0.15, -0.1) is 0 Å². The summed E-state index contributed by atoms with van der Waals surface area (Å²) in [5.41, 5.74) is 0. The third-order valence-corrected chi connectivity index (χ3v) is 1.30. The molecule has 1 amide bonds. The molecule has 0 atom stereocenters. The number of hydrogen-bond acceptors (Lipinski definition) is 1. The Bertz CT molecular complexity index is 201. The average Bonchev–Trinajstić information content (AvgIpc) is 1.82. The van der Waals surface area contributed by atoms with Gasteiger partial charge in [0.15, 0.2) is 0 Å². The van der Waals surface area contributed by atoms with Crippen LogP contribution in [0.4, 0.5) is 17.6 Å². The number of carbonyl (C=O) groups is 1. The second-order valence-corrected chi connectivity index (χ2v) is 3.18. The van der Waals surface area contributed by atoms with Crippen molar-refractivity contribution < 1.29 is 22.4 Å². The number of alkyl halides is 5. The number of halogens is 5. The van der Waals surface area contributed by atoms with Crippen molar-refractivity contribution in [2.75, 3.05) is 0 Å². The summed E-state index contributed by atoms with van der Waals surface area (Å²) in [6.45, 7) is 2.72. The fourth-order valence-electron chi connectivity index (χ4n) is 0.482. The number of carbonyl (C=O) groups excluding carboxylic acids is 1. The summed E-state index contributed by atoms with van der Waals surface area (Å²) in [5.74, 6) is -6.97. The zero-order valence-corrected chi connectivity index (χ0v) is 7.63. The van der Waals surface area contributed by atoms with E-state index >= 15 is 0 Å². The Balaban J connectivity index is 4.56. The molecule has 78 valence electrons. The standard InChI is InChI=1S/C6H8ClF4NO/c1-3(2)12-4(13)5(8,9)6(7,10)11/h3H,1-2H3,(H,12,13). The first-order valence-corrected chi connectivity index (χ1v) is 3.72. The van der Waals surface area contributed by atoms with E-state index < -0.39 is 23.3 Å². The summed E-state index contributed by atoms with van der Waals surface area (Å²) in [6, 6.07) is -0.655. The molecule has 0 fully saturated rings. The highest BCUT2D eigenvalue weighted by molar-refractivity contribution is 6.24. The molecule has 0 aromatic carbocycles. The molecule has 0 saturated heterocycles. The maximum Gasteiger partial charge on any atom is 0.400 e. The first-order chi connectivity index (χ1) is 5.59. The van der Waals surface area contributed by atoms with Gasteiger partial charge in [0.25, 0.3) is 5.91 Å². The van der Waals surface area contributed by atoms with Crippen molar-refractivity contribution >= 4 is 17.5 Å². The molecule has 0 rings (SSSR count). The Hall–Kier alpha value is -0.520. The molecule has 0 heterocycles. The Morgan fingerprint density at radius 2 is 1.69 bits per heavy atom. The molecule has 0 bridgehead atoms. The van der Waals surface area contributed by atoms with Crippen molar-refractivity contribution in [3.63, 3.8) is 0 Å². The third-order valence-electron chi connectivity index (χ3n) is 1.06. The van der Waals surface area contributed by atoms with Gasteiger partial charge in [-0.2, -0.15) is 17.6 Å². The number of amides is 1. The molecule has 0 aliphatic carbocycles. The minimum Gasteiger partial charge on any atom is -0.348 e. The lowest BCUT2D eigenvalue weighted by Gasteiger charge is -2.21. The van der Waals surface area contributed by atoms with E-state index in [1.54, 1.807) is 5.32 Å². The fraction of sp³-hybridized carbons (Fsp3) is 0.833. The second kappa shape index (κ2) is 3.69. The molecule has 0 aromatic heterocycles. The SMILES string of the molecule is CC(C)NC(=O)C(F)(F)C(F)(F)Cl. The van der Waals surface area contributed by atoms with E-state index in [1.165, 1.54) is 13.8 Å². The fourth-order valence-corrected chi connectivity index (χ4v) is 0.567. The molecule has 0 aliphatic rings. The van der Waals surface area contributed by atoms with Crippen LogP contribution in [0.2, 0.25) is 0 Å². The highest BCUT2D eigenvalue weighted by Crippen LogP contribution is 2.37. The van der Waals surface area contributed by atoms with Crippen LogP contribution in [0.15, 0.2) is 0 Å². The smallest absolute Gasteiger partial charge is 0.348 e. The van der Waals surface area contributed by atoms with Crippen LogP contribution >= 0.6 is 11.6 Å². The van der Waals surface area contributed by atoms with Gasteiger partial charge >= 0.3 is 11.3 Å². The van der Waals surface area contributed by atoms with Crippen LogP contribution in [-0.2, 0) is 4.79 Å². The van der Waals surface area contributed by atoms with Crippen LogP contribution in [0.25, 0.3) is 0 Å². The van der Waals surface area contributed by atoms with Crippen molar-refractivity contribution in [1.29, 1.82) is 0 Å². The van der Waals surface area contributed by atoms with E-state index in [0.717, 1.165) is 0 Å². The van der Waals surface area contributed by atoms with Crippen molar-refractivity contribution in [2.24, 2.45) is 0 Å². The van der Waals surface area contributed by atoms with Crippen LogP contribution in [0.3, 0.4) is 0 Å². The second-order valence-electron chi connectivity index (χ2n) is 2.70. The van der Waals surface area contributed by atoms with E-state index in [-0.39, 0.29) is 0 Å². The van der Waals surface area contributed by atoms with E-state index in [9.17, 15) is 22.4 Å². The molecule has 1 N–H and O–H groups in total. The van der Waals surface area contributed by atoms with Gasteiger partial charge in [-0.05, 0) is 25.4 Å². The summed E-state index contributed by atoms with van der Waals surface area (Å²) in [4.78, 5) is 10.5. The average molecular weight is 222 g/mol. The molecular weight excluding hydrogens is 214 g/mol. The quantitative estimate of drug-likeness (QED) is 0.573. The number of rotatable bonds is 3. The molecular formula is C6H8ClF4NO. The van der Waals surface area contributed by atoms with Crippen LogP contribution in [-0.4, -0.2) is 23.3 Å². The van der Waals surface area contributed by atoms with E-state index in [0.29, 0.717) is 0 Å². The molecule has 0 aliphatic heterocycles. The van der Waals surface area contributed by atoms with E-state index in [2.05, 4.69) is 11.6 Å². The Morgan fingerprint density at radius 3 is 1.92 bits per heavy atom. The lowest BCUT2D eigenvalue weighted by atomic mass is 10.3. The number of hydrogen-bond donors (Lipinski definition) is 1. The summed E-state index contributed by atoms with van der Waals surface area (Å²) in [6.07, 6.45) is 0. The van der Waals surface area contributed by atoms with Crippen molar-refractivity contribution in [3.8, 4) is 0 Å². The monoisotopic (exact) mass is 221 g/mol. The molecule has 0 radical (unpaired) electrons. The minimum absolute atomic E-state index is 0.655. The topological polar surface area (TPSA) is 29.1 Å². The molecule has 0 saturated carbocycles. The van der Waals surface area contributed by atoms with Gasteiger partial charge in [0.2, 0.25) is 0 Å². The minimum atomic E-state index is -4.89. The maximum absolute atomic E-state index is 12.4. The predicted molar refractivity (Wildman–Crippen MR) is 39.0 cm³/mol. The molecule has 2 nitrogen and oxygen atoms in total. The molecule has 13 heavy (non-hydrogen) atoms. The van der Waals surface area contributed by atoms with Gasteiger partial charge in [0.05, 0.1) is 0 Å². The molecule has 0 aromatic rings. The summed E-state index contributed by atoms with van der Waals surface area (Å²) in [7, 11) is 0. The van der Waals surface area contributed by atoms with E-state index in [1.807, 2.05) is 0 Å². The van der Waals surface area contributed by atoms with Crippen molar-refractivity contribution in [3.05, 3.63) is 0 Å². The highest BCUT2D eigenvalue weighted by Gasteiger charge is 2.61. The molecule has 0 spiro atoms. The van der Waals surface area contributed by atoms with Crippen molar-refractivity contribution in [2.45, 2.75) is 31.2 Å².